The van der Waals surface area contributed by atoms with Gasteiger partial charge in [0, 0.05) is 32.7 Å². The first-order valence-corrected chi connectivity index (χ1v) is 13.5. The number of nitrogens with zero attached hydrogens (tertiary/aromatic N) is 3. The standard InChI is InChI=1S/C34H21N3S/c1-3-9-22(10-4-1)24-17-25(23-11-5-2-6-12-23)19-26(18-24)37-29-14-8-7-13-27(29)32-30(37)16-15-28-33-31(38-34(28)32)20-35-21-36-33/h1-21H. The number of hydrogen-bond acceptors (Lipinski definition) is 3. The predicted molar refractivity (Wildman–Crippen MR) is 160 cm³/mol. The van der Waals surface area contributed by atoms with Crippen LogP contribution in [0, 0.1) is 0 Å². The summed E-state index contributed by atoms with van der Waals surface area (Å²) in [5, 5.41) is 3.71. The molecular formula is C34H21N3S. The van der Waals surface area contributed by atoms with E-state index in [1.54, 1.807) is 17.7 Å². The number of fused-ring (bicyclic) bond motifs is 7. The molecule has 0 amide bonds. The maximum absolute atomic E-state index is 4.60. The van der Waals surface area contributed by atoms with Gasteiger partial charge in [-0.25, -0.2) is 9.97 Å². The van der Waals surface area contributed by atoms with E-state index in [1.165, 1.54) is 54.1 Å². The highest BCUT2D eigenvalue weighted by molar-refractivity contribution is 7.26. The van der Waals surface area contributed by atoms with E-state index in [2.05, 4.69) is 130 Å². The first-order valence-electron chi connectivity index (χ1n) is 12.7. The van der Waals surface area contributed by atoms with Crippen molar-refractivity contribution in [2.24, 2.45) is 0 Å². The molecular weight excluding hydrogens is 482 g/mol. The van der Waals surface area contributed by atoms with E-state index in [-0.39, 0.29) is 0 Å². The van der Waals surface area contributed by atoms with E-state index < -0.39 is 0 Å². The summed E-state index contributed by atoms with van der Waals surface area (Å²) in [5.41, 5.74) is 9.38. The van der Waals surface area contributed by atoms with Crippen molar-refractivity contribution in [2.75, 3.05) is 0 Å². The molecule has 3 nitrogen and oxygen atoms in total. The summed E-state index contributed by atoms with van der Waals surface area (Å²) < 4.78 is 4.79. The van der Waals surface area contributed by atoms with Gasteiger partial charge in [0.1, 0.15) is 6.33 Å². The van der Waals surface area contributed by atoms with Crippen molar-refractivity contribution in [3.8, 4) is 27.9 Å². The molecule has 3 heterocycles. The summed E-state index contributed by atoms with van der Waals surface area (Å²) in [7, 11) is 0. The normalized spacial score (nSPS) is 11.7. The number of hydrogen-bond donors (Lipinski definition) is 0. The van der Waals surface area contributed by atoms with Crippen molar-refractivity contribution in [3.63, 3.8) is 0 Å². The molecule has 0 N–H and O–H groups in total. The monoisotopic (exact) mass is 503 g/mol. The van der Waals surface area contributed by atoms with Gasteiger partial charge in [-0.15, -0.1) is 11.3 Å². The van der Waals surface area contributed by atoms with Crippen molar-refractivity contribution in [1.82, 2.24) is 14.5 Å². The minimum atomic E-state index is 1.02. The van der Waals surface area contributed by atoms with Gasteiger partial charge >= 0.3 is 0 Å². The molecule has 0 saturated carbocycles. The van der Waals surface area contributed by atoms with Crippen LogP contribution in [0.4, 0.5) is 0 Å². The molecule has 0 unspecified atom stereocenters. The van der Waals surface area contributed by atoms with E-state index >= 15 is 0 Å². The summed E-state index contributed by atoms with van der Waals surface area (Å²) in [4.78, 5) is 8.88. The van der Waals surface area contributed by atoms with Gasteiger partial charge in [-0.05, 0) is 58.7 Å². The lowest BCUT2D eigenvalue weighted by atomic mass is 9.98. The van der Waals surface area contributed by atoms with E-state index in [9.17, 15) is 0 Å². The van der Waals surface area contributed by atoms with Crippen LogP contribution < -0.4 is 0 Å². The fourth-order valence-corrected chi connectivity index (χ4v) is 6.82. The van der Waals surface area contributed by atoms with Crippen LogP contribution in [0.5, 0.6) is 0 Å². The molecule has 4 heteroatoms. The van der Waals surface area contributed by atoms with Crippen LogP contribution in [0.25, 0.3) is 70.0 Å². The topological polar surface area (TPSA) is 30.7 Å². The number of para-hydroxylation sites is 1. The van der Waals surface area contributed by atoms with Crippen LogP contribution in [0.2, 0.25) is 0 Å². The van der Waals surface area contributed by atoms with Gasteiger partial charge in [0.2, 0.25) is 0 Å². The molecule has 0 saturated heterocycles. The fraction of sp³-hybridized carbons (Fsp3) is 0. The second-order valence-electron chi connectivity index (χ2n) is 9.53. The second-order valence-corrected chi connectivity index (χ2v) is 10.6. The molecule has 8 rings (SSSR count). The summed E-state index contributed by atoms with van der Waals surface area (Å²) in [5.74, 6) is 0. The van der Waals surface area contributed by atoms with Gasteiger partial charge in [0.25, 0.3) is 0 Å². The average Bonchev–Trinajstić information content (AvgIpc) is 3.53. The van der Waals surface area contributed by atoms with Crippen LogP contribution in [0.1, 0.15) is 0 Å². The predicted octanol–water partition coefficient (Wildman–Crippen LogP) is 9.28. The van der Waals surface area contributed by atoms with Gasteiger partial charge in [-0.3, -0.25) is 0 Å². The van der Waals surface area contributed by atoms with E-state index in [0.29, 0.717) is 0 Å². The number of benzene rings is 5. The van der Waals surface area contributed by atoms with Crippen molar-refractivity contribution < 1.29 is 0 Å². The zero-order chi connectivity index (χ0) is 25.1. The van der Waals surface area contributed by atoms with Crippen molar-refractivity contribution >= 4 is 53.4 Å². The third kappa shape index (κ3) is 3.21. The molecule has 3 aromatic heterocycles. The Morgan fingerprint density at radius 3 is 2.00 bits per heavy atom. The maximum atomic E-state index is 4.60. The first-order chi connectivity index (χ1) is 18.8. The van der Waals surface area contributed by atoms with Crippen molar-refractivity contribution in [2.45, 2.75) is 0 Å². The van der Waals surface area contributed by atoms with Gasteiger partial charge in [0.15, 0.2) is 0 Å². The van der Waals surface area contributed by atoms with Crippen LogP contribution in [0.15, 0.2) is 128 Å². The van der Waals surface area contributed by atoms with Crippen LogP contribution >= 0.6 is 11.3 Å². The number of aromatic nitrogens is 3. The molecule has 0 bridgehead atoms. The van der Waals surface area contributed by atoms with E-state index in [0.717, 1.165) is 15.9 Å². The second kappa shape index (κ2) is 8.37. The van der Waals surface area contributed by atoms with Crippen molar-refractivity contribution in [3.05, 3.63) is 128 Å². The molecule has 0 aliphatic rings. The van der Waals surface area contributed by atoms with Gasteiger partial charge in [-0.1, -0.05) is 78.9 Å². The molecule has 0 atom stereocenters. The Bertz CT molecular complexity index is 2070. The molecule has 0 fully saturated rings. The molecule has 0 radical (unpaired) electrons. The molecule has 8 aromatic rings. The molecule has 0 aliphatic carbocycles. The van der Waals surface area contributed by atoms with Crippen molar-refractivity contribution in [1.29, 1.82) is 0 Å². The number of thiophene rings is 1. The Hall–Kier alpha value is -4.80. The summed E-state index contributed by atoms with van der Waals surface area (Å²) >= 11 is 1.78. The zero-order valence-corrected chi connectivity index (χ0v) is 21.2. The smallest absolute Gasteiger partial charge is 0.116 e. The molecule has 0 aliphatic heterocycles. The Labute approximate surface area is 223 Å². The highest BCUT2D eigenvalue weighted by Crippen LogP contribution is 2.43. The highest BCUT2D eigenvalue weighted by atomic mass is 32.1. The minimum Gasteiger partial charge on any atom is -0.309 e. The Morgan fingerprint density at radius 1 is 0.579 bits per heavy atom. The fourth-order valence-electron chi connectivity index (χ4n) is 5.64. The lowest BCUT2D eigenvalue weighted by Gasteiger charge is -2.14. The largest absolute Gasteiger partial charge is 0.309 e. The van der Waals surface area contributed by atoms with Crippen LogP contribution in [-0.2, 0) is 0 Å². The third-order valence-electron chi connectivity index (χ3n) is 7.33. The molecule has 5 aromatic carbocycles. The van der Waals surface area contributed by atoms with E-state index in [1.807, 2.05) is 6.20 Å². The minimum absolute atomic E-state index is 1.02. The Balaban J connectivity index is 1.49. The van der Waals surface area contributed by atoms with E-state index in [4.69, 9.17) is 0 Å². The van der Waals surface area contributed by atoms with Crippen LogP contribution in [0.3, 0.4) is 0 Å². The average molecular weight is 504 g/mol. The quantitative estimate of drug-likeness (QED) is 0.240. The lowest BCUT2D eigenvalue weighted by molar-refractivity contribution is 1.18. The van der Waals surface area contributed by atoms with Gasteiger partial charge in [-0.2, -0.15) is 0 Å². The zero-order valence-electron chi connectivity index (χ0n) is 20.4. The third-order valence-corrected chi connectivity index (χ3v) is 8.47. The van der Waals surface area contributed by atoms with Crippen LogP contribution in [-0.4, -0.2) is 14.5 Å². The summed E-state index contributed by atoms with van der Waals surface area (Å²) in [6.45, 7) is 0. The maximum Gasteiger partial charge on any atom is 0.116 e. The van der Waals surface area contributed by atoms with Gasteiger partial charge < -0.3 is 4.57 Å². The Kier molecular flexibility index (Phi) is 4.69. The SMILES string of the molecule is c1ccc(-c2cc(-c3ccccc3)cc(-n3c4ccccc4c4c5sc6cncnc6c5ccc43)c2)cc1. The Morgan fingerprint density at radius 2 is 1.26 bits per heavy atom. The molecule has 38 heavy (non-hydrogen) atoms. The lowest BCUT2D eigenvalue weighted by Crippen LogP contribution is -1.96. The first kappa shape index (κ1) is 21.3. The highest BCUT2D eigenvalue weighted by Gasteiger charge is 2.18. The number of rotatable bonds is 3. The van der Waals surface area contributed by atoms with Gasteiger partial charge in [0.05, 0.1) is 21.3 Å². The summed E-state index contributed by atoms with van der Waals surface area (Å²) in [6, 6.07) is 41.4. The molecule has 178 valence electrons. The molecule has 0 spiro atoms. The summed E-state index contributed by atoms with van der Waals surface area (Å²) in [6.07, 6.45) is 3.57.